The summed E-state index contributed by atoms with van der Waals surface area (Å²) in [5.41, 5.74) is 1.29. The Bertz CT molecular complexity index is 686. The van der Waals surface area contributed by atoms with Gasteiger partial charge in [0.15, 0.2) is 0 Å². The summed E-state index contributed by atoms with van der Waals surface area (Å²) in [4.78, 5) is 29.8. The van der Waals surface area contributed by atoms with E-state index in [4.69, 9.17) is 0 Å². The summed E-state index contributed by atoms with van der Waals surface area (Å²) >= 11 is 0. The van der Waals surface area contributed by atoms with Gasteiger partial charge in [0.1, 0.15) is 0 Å². The molecule has 3 aliphatic rings. The van der Waals surface area contributed by atoms with Crippen LogP contribution >= 0.6 is 0 Å². The summed E-state index contributed by atoms with van der Waals surface area (Å²) in [5.74, 6) is 0.826. The average molecular weight is 370 g/mol. The largest absolute Gasteiger partial charge is 0.342 e. The number of nitrogens with zero attached hydrogens (tertiary/aromatic N) is 2. The first-order valence-electron chi connectivity index (χ1n) is 10.5. The lowest BCUT2D eigenvalue weighted by Crippen LogP contribution is -2.41. The van der Waals surface area contributed by atoms with E-state index < -0.39 is 0 Å². The highest BCUT2D eigenvalue weighted by Crippen LogP contribution is 2.43. The van der Waals surface area contributed by atoms with Crippen molar-refractivity contribution in [1.29, 1.82) is 0 Å². The smallest absolute Gasteiger partial charge is 0.317 e. The third-order valence-electron chi connectivity index (χ3n) is 7.01. The van der Waals surface area contributed by atoms with Crippen molar-refractivity contribution in [1.82, 2.24) is 15.1 Å². The Morgan fingerprint density at radius 2 is 1.85 bits per heavy atom. The van der Waals surface area contributed by atoms with Crippen molar-refractivity contribution >= 4 is 11.9 Å². The molecule has 1 N–H and O–H groups in total. The van der Waals surface area contributed by atoms with Crippen LogP contribution in [0.1, 0.15) is 51.0 Å². The molecule has 2 heterocycles. The average Bonchev–Trinajstić information content (AvgIpc) is 3.29. The normalized spacial score (nSPS) is 33.6. The fraction of sp³-hybridized carbons (Fsp3) is 0.636. The second-order valence-corrected chi connectivity index (χ2v) is 8.40. The monoisotopic (exact) mass is 369 g/mol. The number of benzene rings is 1. The first-order chi connectivity index (χ1) is 13.1. The lowest BCUT2D eigenvalue weighted by Gasteiger charge is -2.32. The molecule has 2 saturated heterocycles. The number of urea groups is 1. The van der Waals surface area contributed by atoms with Crippen LogP contribution in [-0.4, -0.2) is 53.5 Å². The van der Waals surface area contributed by atoms with Crippen LogP contribution in [0.25, 0.3) is 0 Å². The maximum atomic E-state index is 13.4. The van der Waals surface area contributed by atoms with Crippen LogP contribution in [0.2, 0.25) is 0 Å². The molecule has 3 amide bonds. The van der Waals surface area contributed by atoms with E-state index in [0.29, 0.717) is 18.4 Å². The summed E-state index contributed by atoms with van der Waals surface area (Å²) in [6, 6.07) is 10.8. The van der Waals surface area contributed by atoms with Gasteiger partial charge in [0.2, 0.25) is 5.91 Å². The molecule has 0 bridgehead atoms. The Balaban J connectivity index is 1.68. The summed E-state index contributed by atoms with van der Waals surface area (Å²) in [6.45, 7) is 6.78. The van der Waals surface area contributed by atoms with Gasteiger partial charge in [-0.15, -0.1) is 0 Å². The molecule has 146 valence electrons. The van der Waals surface area contributed by atoms with Crippen molar-refractivity contribution in [3.8, 4) is 0 Å². The molecule has 1 aromatic carbocycles. The Morgan fingerprint density at radius 1 is 1.15 bits per heavy atom. The molecule has 1 aromatic rings. The van der Waals surface area contributed by atoms with Gasteiger partial charge in [-0.05, 0) is 50.0 Å². The quantitative estimate of drug-likeness (QED) is 0.889. The van der Waals surface area contributed by atoms with Crippen molar-refractivity contribution in [3.63, 3.8) is 0 Å². The van der Waals surface area contributed by atoms with Crippen LogP contribution in [0.3, 0.4) is 0 Å². The Hall–Kier alpha value is -2.04. The maximum absolute atomic E-state index is 13.4. The zero-order valence-electron chi connectivity index (χ0n) is 16.4. The van der Waals surface area contributed by atoms with Gasteiger partial charge in [0.05, 0.1) is 12.1 Å². The molecule has 1 saturated carbocycles. The van der Waals surface area contributed by atoms with E-state index in [9.17, 15) is 9.59 Å². The number of fused-ring (bicyclic) bond motifs is 1. The number of hydrogen-bond acceptors (Lipinski definition) is 2. The topological polar surface area (TPSA) is 52.7 Å². The highest BCUT2D eigenvalue weighted by atomic mass is 16.2. The number of likely N-dealkylation sites (N-methyl/N-ethyl adjacent to an activating group) is 1. The summed E-state index contributed by atoms with van der Waals surface area (Å²) in [5, 5.41) is 3.18. The lowest BCUT2D eigenvalue weighted by molar-refractivity contribution is -0.136. The summed E-state index contributed by atoms with van der Waals surface area (Å²) < 4.78 is 0. The van der Waals surface area contributed by atoms with Crippen LogP contribution in [0.5, 0.6) is 0 Å². The molecule has 0 radical (unpaired) electrons. The Labute approximate surface area is 162 Å². The summed E-state index contributed by atoms with van der Waals surface area (Å²) in [7, 11) is 0. The summed E-state index contributed by atoms with van der Waals surface area (Å²) in [6.07, 6.45) is 3.90. The van der Waals surface area contributed by atoms with Crippen molar-refractivity contribution < 1.29 is 9.59 Å². The Morgan fingerprint density at radius 3 is 2.52 bits per heavy atom. The van der Waals surface area contributed by atoms with Crippen LogP contribution in [-0.2, 0) is 4.79 Å². The first-order valence-corrected chi connectivity index (χ1v) is 10.5. The molecule has 5 nitrogen and oxygen atoms in total. The molecule has 5 atom stereocenters. The van der Waals surface area contributed by atoms with Crippen LogP contribution in [0.4, 0.5) is 4.79 Å². The second-order valence-electron chi connectivity index (χ2n) is 8.40. The minimum absolute atomic E-state index is 0.0274. The zero-order chi connectivity index (χ0) is 19.0. The van der Waals surface area contributed by atoms with E-state index in [1.165, 1.54) is 5.56 Å². The van der Waals surface area contributed by atoms with Crippen molar-refractivity contribution in [2.45, 2.75) is 57.5 Å². The molecular formula is C22H31N3O2. The minimum Gasteiger partial charge on any atom is -0.342 e. The van der Waals surface area contributed by atoms with Gasteiger partial charge in [0, 0.05) is 25.6 Å². The van der Waals surface area contributed by atoms with Gasteiger partial charge in [-0.3, -0.25) is 4.79 Å². The number of hydrogen-bond donors (Lipinski definition) is 1. The van der Waals surface area contributed by atoms with Crippen molar-refractivity contribution in [2.24, 2.45) is 11.8 Å². The fourth-order valence-electron chi connectivity index (χ4n) is 5.47. The number of rotatable bonds is 3. The van der Waals surface area contributed by atoms with Crippen molar-refractivity contribution in [2.75, 3.05) is 19.6 Å². The molecule has 0 spiro atoms. The first kappa shape index (κ1) is 18.3. The van der Waals surface area contributed by atoms with Gasteiger partial charge < -0.3 is 15.1 Å². The molecule has 1 aliphatic carbocycles. The highest BCUT2D eigenvalue weighted by molar-refractivity contribution is 5.81. The van der Waals surface area contributed by atoms with Gasteiger partial charge in [-0.1, -0.05) is 37.3 Å². The molecule has 27 heavy (non-hydrogen) atoms. The molecule has 2 aliphatic heterocycles. The minimum atomic E-state index is -0.0274. The van der Waals surface area contributed by atoms with E-state index in [2.05, 4.69) is 41.4 Å². The number of carbonyl (C=O) groups excluding carboxylic acids is 2. The number of carbonyl (C=O) groups is 2. The predicted molar refractivity (Wildman–Crippen MR) is 105 cm³/mol. The van der Waals surface area contributed by atoms with Gasteiger partial charge in [-0.25, -0.2) is 4.79 Å². The molecule has 4 rings (SSSR count). The van der Waals surface area contributed by atoms with E-state index >= 15 is 0 Å². The van der Waals surface area contributed by atoms with Gasteiger partial charge in [-0.2, -0.15) is 0 Å². The third-order valence-corrected chi connectivity index (χ3v) is 7.01. The van der Waals surface area contributed by atoms with Crippen LogP contribution < -0.4 is 5.32 Å². The molecular weight excluding hydrogens is 338 g/mol. The maximum Gasteiger partial charge on any atom is 0.317 e. The fourth-order valence-corrected chi connectivity index (χ4v) is 5.47. The lowest BCUT2D eigenvalue weighted by atomic mass is 9.77. The molecule has 3 fully saturated rings. The van der Waals surface area contributed by atoms with Crippen LogP contribution in [0.15, 0.2) is 30.3 Å². The van der Waals surface area contributed by atoms with E-state index in [1.807, 2.05) is 17.9 Å². The second kappa shape index (κ2) is 7.53. The number of likely N-dealkylation sites (tertiary alicyclic amines) is 1. The van der Waals surface area contributed by atoms with E-state index in [1.54, 1.807) is 0 Å². The van der Waals surface area contributed by atoms with Gasteiger partial charge in [0.25, 0.3) is 0 Å². The van der Waals surface area contributed by atoms with Crippen LogP contribution in [0, 0.1) is 11.8 Å². The Kier molecular flexibility index (Phi) is 5.11. The van der Waals surface area contributed by atoms with Crippen molar-refractivity contribution in [3.05, 3.63) is 35.9 Å². The third kappa shape index (κ3) is 3.32. The van der Waals surface area contributed by atoms with Gasteiger partial charge >= 0.3 is 6.03 Å². The number of amides is 3. The number of nitrogens with one attached hydrogen (secondary N) is 1. The molecule has 5 heteroatoms. The molecule has 0 unspecified atom stereocenters. The molecule has 0 aromatic heterocycles. The zero-order valence-corrected chi connectivity index (χ0v) is 16.4. The SMILES string of the molecule is CCN1C(=O)N[C@@H]2C[C@@H](C(=O)N3CCCC3)[C@@H](C)[C@@H](c3ccccc3)C[C@@H]21. The van der Waals surface area contributed by atoms with E-state index in [-0.39, 0.29) is 30.0 Å². The highest BCUT2D eigenvalue weighted by Gasteiger charge is 2.48. The predicted octanol–water partition coefficient (Wildman–Crippen LogP) is 3.22. The van der Waals surface area contributed by atoms with E-state index in [0.717, 1.165) is 38.8 Å². The standard InChI is InChI=1S/C22H31N3O2/c1-3-25-20-14-17(16-9-5-4-6-10-16)15(2)18(13-19(20)23-22(25)27)21(26)24-11-7-8-12-24/h4-6,9-10,15,17-20H,3,7-8,11-14H2,1-2H3,(H,23,27)/t15-,17-,18+,19+,20-/m0/s1.